The summed E-state index contributed by atoms with van der Waals surface area (Å²) < 4.78 is 5.79. The molecule has 1 N–H and O–H groups in total. The number of para-hydroxylation sites is 1. The van der Waals surface area contributed by atoms with Gasteiger partial charge in [0.25, 0.3) is 5.91 Å². The topological polar surface area (TPSA) is 38.3 Å². The summed E-state index contributed by atoms with van der Waals surface area (Å²) in [4.78, 5) is 12.4. The fourth-order valence-corrected chi connectivity index (χ4v) is 2.84. The minimum atomic E-state index is 0.0103. The molecular weight excluding hydrogens is 310 g/mol. The molecule has 0 atom stereocenters. The molecular formula is C22H29NO2. The third kappa shape index (κ3) is 5.35. The van der Waals surface area contributed by atoms with Gasteiger partial charge in [0, 0.05) is 12.1 Å². The van der Waals surface area contributed by atoms with E-state index in [9.17, 15) is 4.79 Å². The summed E-state index contributed by atoms with van der Waals surface area (Å²) in [5, 5.41) is 3.04. The van der Waals surface area contributed by atoms with Gasteiger partial charge in [0.1, 0.15) is 5.75 Å². The predicted octanol–water partition coefficient (Wildman–Crippen LogP) is 4.76. The second-order valence-corrected chi connectivity index (χ2v) is 6.57. The maximum Gasteiger partial charge on any atom is 0.251 e. The highest BCUT2D eigenvalue weighted by atomic mass is 16.5. The monoisotopic (exact) mass is 339 g/mol. The molecule has 0 aliphatic heterocycles. The summed E-state index contributed by atoms with van der Waals surface area (Å²) in [5.74, 6) is 0.969. The van der Waals surface area contributed by atoms with Crippen LogP contribution in [-0.2, 0) is 6.42 Å². The zero-order chi connectivity index (χ0) is 18.2. The van der Waals surface area contributed by atoms with Crippen molar-refractivity contribution in [3.8, 4) is 5.75 Å². The summed E-state index contributed by atoms with van der Waals surface area (Å²) in [6.07, 6.45) is 2.79. The summed E-state index contributed by atoms with van der Waals surface area (Å²) in [6.45, 7) is 9.60. The Morgan fingerprint density at radius 1 is 1.04 bits per heavy atom. The molecule has 3 nitrogen and oxygen atoms in total. The van der Waals surface area contributed by atoms with Crippen LogP contribution in [-0.4, -0.2) is 19.1 Å². The van der Waals surface area contributed by atoms with Crippen LogP contribution in [0.1, 0.15) is 52.4 Å². The van der Waals surface area contributed by atoms with Crippen LogP contribution in [0.4, 0.5) is 0 Å². The molecule has 0 aliphatic carbocycles. The SMILES string of the molecule is CCCOc1ccccc1CCCNC(=O)c1cc(C)c(C)cc1C. The molecule has 0 bridgehead atoms. The van der Waals surface area contributed by atoms with Gasteiger partial charge in [0.2, 0.25) is 0 Å². The Balaban J connectivity index is 1.87. The van der Waals surface area contributed by atoms with E-state index < -0.39 is 0 Å². The molecule has 0 aliphatic rings. The van der Waals surface area contributed by atoms with Crippen LogP contribution >= 0.6 is 0 Å². The Labute approximate surface area is 151 Å². The molecule has 0 heterocycles. The van der Waals surface area contributed by atoms with Crippen molar-refractivity contribution in [1.29, 1.82) is 0 Å². The standard InChI is InChI=1S/C22H29NO2/c1-5-13-25-21-11-7-6-9-19(21)10-8-12-23-22(24)20-15-17(3)16(2)14-18(20)4/h6-7,9,11,14-15H,5,8,10,12-13H2,1-4H3,(H,23,24). The highest BCUT2D eigenvalue weighted by molar-refractivity contribution is 5.95. The van der Waals surface area contributed by atoms with E-state index in [4.69, 9.17) is 4.74 Å². The van der Waals surface area contributed by atoms with Crippen molar-refractivity contribution in [1.82, 2.24) is 5.32 Å². The summed E-state index contributed by atoms with van der Waals surface area (Å²) in [6, 6.07) is 12.2. The molecule has 2 aromatic rings. The first-order valence-corrected chi connectivity index (χ1v) is 9.09. The van der Waals surface area contributed by atoms with Crippen molar-refractivity contribution in [3.63, 3.8) is 0 Å². The van der Waals surface area contributed by atoms with Gasteiger partial charge in [-0.15, -0.1) is 0 Å². The third-order valence-electron chi connectivity index (χ3n) is 4.43. The fourth-order valence-electron chi connectivity index (χ4n) is 2.84. The maximum absolute atomic E-state index is 12.4. The number of aryl methyl sites for hydroxylation is 4. The van der Waals surface area contributed by atoms with Gasteiger partial charge in [-0.1, -0.05) is 31.2 Å². The van der Waals surface area contributed by atoms with Crippen LogP contribution < -0.4 is 10.1 Å². The highest BCUT2D eigenvalue weighted by Crippen LogP contribution is 2.20. The molecule has 2 rings (SSSR count). The molecule has 3 heteroatoms. The second-order valence-electron chi connectivity index (χ2n) is 6.57. The van der Waals surface area contributed by atoms with E-state index in [1.54, 1.807) is 0 Å². The lowest BCUT2D eigenvalue weighted by Gasteiger charge is -2.12. The smallest absolute Gasteiger partial charge is 0.251 e. The number of hydrogen-bond donors (Lipinski definition) is 1. The predicted molar refractivity (Wildman–Crippen MR) is 104 cm³/mol. The van der Waals surface area contributed by atoms with Crippen LogP contribution in [0.15, 0.2) is 36.4 Å². The van der Waals surface area contributed by atoms with Crippen LogP contribution in [0.25, 0.3) is 0 Å². The van der Waals surface area contributed by atoms with Crippen LogP contribution in [0.5, 0.6) is 5.75 Å². The first-order chi connectivity index (χ1) is 12.0. The fraction of sp³-hybridized carbons (Fsp3) is 0.409. The largest absolute Gasteiger partial charge is 0.493 e. The van der Waals surface area contributed by atoms with Crippen molar-refractivity contribution in [3.05, 3.63) is 64.2 Å². The number of carbonyl (C=O) groups is 1. The van der Waals surface area contributed by atoms with Gasteiger partial charge >= 0.3 is 0 Å². The zero-order valence-corrected chi connectivity index (χ0v) is 15.8. The van der Waals surface area contributed by atoms with Gasteiger partial charge in [-0.3, -0.25) is 4.79 Å². The number of carbonyl (C=O) groups excluding carboxylic acids is 1. The van der Waals surface area contributed by atoms with E-state index in [1.807, 2.05) is 38.1 Å². The van der Waals surface area contributed by atoms with E-state index in [2.05, 4.69) is 31.3 Å². The normalized spacial score (nSPS) is 10.6. The lowest BCUT2D eigenvalue weighted by molar-refractivity contribution is 0.0952. The number of amides is 1. The molecule has 0 saturated carbocycles. The van der Waals surface area contributed by atoms with Gasteiger partial charge in [-0.25, -0.2) is 0 Å². The lowest BCUT2D eigenvalue weighted by atomic mass is 10.0. The Morgan fingerprint density at radius 2 is 1.76 bits per heavy atom. The molecule has 1 amide bonds. The third-order valence-corrected chi connectivity index (χ3v) is 4.43. The molecule has 0 fully saturated rings. The minimum Gasteiger partial charge on any atom is -0.493 e. The van der Waals surface area contributed by atoms with Crippen LogP contribution in [0.3, 0.4) is 0 Å². The maximum atomic E-state index is 12.4. The van der Waals surface area contributed by atoms with Gasteiger partial charge in [-0.2, -0.15) is 0 Å². The molecule has 0 saturated heterocycles. The molecule has 0 aromatic heterocycles. The van der Waals surface area contributed by atoms with Gasteiger partial charge in [0.15, 0.2) is 0 Å². The Kier molecular flexibility index (Phi) is 7.05. The van der Waals surface area contributed by atoms with Crippen molar-refractivity contribution in [2.75, 3.05) is 13.2 Å². The van der Waals surface area contributed by atoms with Gasteiger partial charge in [-0.05, 0) is 74.4 Å². The number of benzene rings is 2. The molecule has 25 heavy (non-hydrogen) atoms. The number of nitrogens with one attached hydrogen (secondary N) is 1. The Hall–Kier alpha value is -2.29. The average Bonchev–Trinajstić information content (AvgIpc) is 2.60. The van der Waals surface area contributed by atoms with E-state index in [1.165, 1.54) is 11.1 Å². The second kappa shape index (κ2) is 9.26. The first-order valence-electron chi connectivity index (χ1n) is 9.09. The van der Waals surface area contributed by atoms with E-state index in [0.717, 1.165) is 48.3 Å². The number of rotatable bonds is 8. The van der Waals surface area contributed by atoms with Crippen molar-refractivity contribution in [2.24, 2.45) is 0 Å². The van der Waals surface area contributed by atoms with Crippen LogP contribution in [0, 0.1) is 20.8 Å². The number of hydrogen-bond acceptors (Lipinski definition) is 2. The number of ether oxygens (including phenoxy) is 1. The highest BCUT2D eigenvalue weighted by Gasteiger charge is 2.10. The van der Waals surface area contributed by atoms with Crippen molar-refractivity contribution >= 4 is 5.91 Å². The molecule has 134 valence electrons. The minimum absolute atomic E-state index is 0.0103. The van der Waals surface area contributed by atoms with Crippen LogP contribution in [0.2, 0.25) is 0 Å². The first kappa shape index (κ1) is 19.0. The zero-order valence-electron chi connectivity index (χ0n) is 15.8. The van der Waals surface area contributed by atoms with Gasteiger partial charge < -0.3 is 10.1 Å². The quantitative estimate of drug-likeness (QED) is 0.704. The van der Waals surface area contributed by atoms with Crippen molar-refractivity contribution < 1.29 is 9.53 Å². The molecule has 0 spiro atoms. The molecule has 0 radical (unpaired) electrons. The summed E-state index contributed by atoms with van der Waals surface area (Å²) in [7, 11) is 0. The average molecular weight is 339 g/mol. The summed E-state index contributed by atoms with van der Waals surface area (Å²) >= 11 is 0. The molecule has 2 aromatic carbocycles. The van der Waals surface area contributed by atoms with Crippen molar-refractivity contribution in [2.45, 2.75) is 47.0 Å². The molecule has 0 unspecified atom stereocenters. The summed E-state index contributed by atoms with van der Waals surface area (Å²) in [5.41, 5.74) is 5.37. The Morgan fingerprint density at radius 3 is 2.52 bits per heavy atom. The van der Waals surface area contributed by atoms with E-state index in [0.29, 0.717) is 6.54 Å². The lowest BCUT2D eigenvalue weighted by Crippen LogP contribution is -2.25. The Bertz CT molecular complexity index is 722. The van der Waals surface area contributed by atoms with E-state index >= 15 is 0 Å². The van der Waals surface area contributed by atoms with E-state index in [-0.39, 0.29) is 5.91 Å². The van der Waals surface area contributed by atoms with Gasteiger partial charge in [0.05, 0.1) is 6.61 Å².